The number of amides is 10. The maximum absolute atomic E-state index is 15.4. The summed E-state index contributed by atoms with van der Waals surface area (Å²) >= 11 is 0. The number of phenols is 2. The van der Waals surface area contributed by atoms with Crippen LogP contribution in [0.3, 0.4) is 0 Å². The van der Waals surface area contributed by atoms with Gasteiger partial charge in [-0.25, -0.2) is 13.6 Å². The van der Waals surface area contributed by atoms with Crippen LogP contribution >= 0.6 is 0 Å². The van der Waals surface area contributed by atoms with Crippen molar-refractivity contribution in [1.29, 1.82) is 10.8 Å². The number of carbonyl (C=O) groups excluding carboxylic acids is 11. The minimum absolute atomic E-state index is 0.0133. The van der Waals surface area contributed by atoms with E-state index in [9.17, 15) is 48.6 Å². The van der Waals surface area contributed by atoms with Gasteiger partial charge in [-0.1, -0.05) is 56.4 Å². The maximum Gasteiger partial charge on any atom is 0.340 e. The standard InChI is InChI=1S/C86H107F2N17O18/c87-53-40-50(41-54(88)45-53)42-67-80(116)105-34-12-20-69(105)78(114)103-85(27-13-28-85)82(118)102-65(18-10-31-96-84(91)92)79(115)104-33-11-19-68(104)77(113)93-29-8-4-2-1-3-5-16-64(75(111)101-67)99-76(112)66(44-52-48-97-62-15-7-6-14-57(52)62)100-74(110)63(17-9-30-95-83(89)90)98-72(108)49-121-39-38-120-37-36-119-35-32-94-73(109)51-21-24-59-58(43-51)81(117)123-86(59)60-25-22-55(106)46-70(60)122-71-47-56(107)23-26-61(71)86/h6-7,14-15,21-26,40-41,43,45-48,63-69,97,106-107H,1-5,8-13,16-20,27-39,42,44,49H2,(H,93,113)(H,94,109)(H,98,108)(H,99,112)(H,100,110)(H,101,111)(H,102,118)(H,103,114)(H4,89,90,95)(H4,91,92,96)/t63-,64-,65-,66-,67-,68?,69-/m0/s1. The summed E-state index contributed by atoms with van der Waals surface area (Å²) in [5, 5.41) is 64.8. The zero-order valence-electron chi connectivity index (χ0n) is 68.2. The summed E-state index contributed by atoms with van der Waals surface area (Å²) in [6.45, 7) is 0.605. The quantitative estimate of drug-likeness (QED) is 0.0138. The average Bonchev–Trinajstić information content (AvgIpc) is 1.60. The third-order valence-corrected chi connectivity index (χ3v) is 23.0. The number of guanidine groups is 2. The van der Waals surface area contributed by atoms with Crippen LogP contribution in [-0.2, 0) is 80.5 Å². The van der Waals surface area contributed by atoms with Gasteiger partial charge in [0.15, 0.2) is 17.5 Å². The number of hydrogen-bond donors (Lipinski definition) is 17. The van der Waals surface area contributed by atoms with Gasteiger partial charge in [-0.3, -0.25) is 58.8 Å². The van der Waals surface area contributed by atoms with Crippen molar-refractivity contribution in [3.8, 4) is 23.0 Å². The first-order valence-electron chi connectivity index (χ1n) is 41.9. The number of fused-ring (bicyclic) bond motifs is 9. The number of rotatable bonds is 29. The van der Waals surface area contributed by atoms with Crippen molar-refractivity contribution in [2.45, 2.75) is 182 Å². The molecule has 1 saturated carbocycles. The number of halogens is 2. The zero-order chi connectivity index (χ0) is 87.3. The van der Waals surface area contributed by atoms with Crippen molar-refractivity contribution in [3.05, 3.63) is 154 Å². The molecule has 6 aromatic rings. The highest BCUT2D eigenvalue weighted by Gasteiger charge is 2.55. The Bertz CT molecular complexity index is 4840. The summed E-state index contributed by atoms with van der Waals surface area (Å²) < 4.78 is 59.4. The highest BCUT2D eigenvalue weighted by molar-refractivity contribution is 6.03. The van der Waals surface area contributed by atoms with Gasteiger partial charge in [0.25, 0.3) is 5.91 Å². The molecule has 5 aromatic carbocycles. The molecule has 1 aliphatic carbocycles. The van der Waals surface area contributed by atoms with E-state index in [1.165, 1.54) is 40.1 Å². The highest BCUT2D eigenvalue weighted by atomic mass is 19.1. The Morgan fingerprint density at radius 3 is 1.92 bits per heavy atom. The van der Waals surface area contributed by atoms with Gasteiger partial charge < -0.3 is 113 Å². The number of hydrogen-bond acceptors (Lipinski definition) is 20. The first-order chi connectivity index (χ1) is 59.3. The van der Waals surface area contributed by atoms with E-state index in [2.05, 4.69) is 58.2 Å². The summed E-state index contributed by atoms with van der Waals surface area (Å²) in [7, 11) is 0. The van der Waals surface area contributed by atoms with E-state index in [4.69, 9.17) is 46.0 Å². The van der Waals surface area contributed by atoms with Crippen molar-refractivity contribution < 1.29 is 95.4 Å². The van der Waals surface area contributed by atoms with Gasteiger partial charge in [0.1, 0.15) is 89.1 Å². The molecule has 12 rings (SSSR count). The third kappa shape index (κ3) is 22.6. The molecule has 10 amide bonds. The van der Waals surface area contributed by atoms with Crippen molar-refractivity contribution in [2.75, 3.05) is 78.9 Å². The van der Waals surface area contributed by atoms with Crippen molar-refractivity contribution in [3.63, 3.8) is 0 Å². The number of para-hydroxylation sites is 1. The van der Waals surface area contributed by atoms with Crippen LogP contribution in [0.25, 0.3) is 10.9 Å². The molecule has 3 saturated heterocycles. The lowest BCUT2D eigenvalue weighted by molar-refractivity contribution is -0.146. The van der Waals surface area contributed by atoms with E-state index >= 15 is 23.2 Å². The van der Waals surface area contributed by atoms with Crippen molar-refractivity contribution >= 4 is 87.9 Å². The monoisotopic (exact) mass is 1700 g/mol. The van der Waals surface area contributed by atoms with E-state index in [1.807, 2.05) is 12.1 Å². The van der Waals surface area contributed by atoms with E-state index in [0.29, 0.717) is 104 Å². The predicted octanol–water partition coefficient (Wildman–Crippen LogP) is 3.52. The van der Waals surface area contributed by atoms with Gasteiger partial charge >= 0.3 is 5.97 Å². The summed E-state index contributed by atoms with van der Waals surface area (Å²) in [5.74, 6) is -9.88. The minimum atomic E-state index is -1.63. The summed E-state index contributed by atoms with van der Waals surface area (Å²) in [5.41, 5.74) is 10.9. The fourth-order valence-corrected chi connectivity index (χ4v) is 16.7. The Morgan fingerprint density at radius 1 is 0.618 bits per heavy atom. The number of aromatic amines is 1. The Labute approximate surface area is 708 Å². The number of H-pyrrole nitrogens is 1. The average molecular weight is 1700 g/mol. The summed E-state index contributed by atoms with van der Waals surface area (Å²) in [6, 6.07) is 14.2. The molecule has 37 heteroatoms. The first kappa shape index (κ1) is 89.7. The lowest BCUT2D eigenvalue weighted by Crippen LogP contribution is -2.67. The lowest BCUT2D eigenvalue weighted by Gasteiger charge is -2.43. The fraction of sp³-hybridized carbons (Fsp3) is 0.477. The number of nitrogens with one attached hydrogen (secondary N) is 13. The Morgan fingerprint density at radius 2 is 1.24 bits per heavy atom. The topological polar surface area (TPSA) is 517 Å². The molecule has 658 valence electrons. The number of nitrogens with zero attached hydrogens (tertiary/aromatic N) is 2. The third-order valence-electron chi connectivity index (χ3n) is 23.0. The Kier molecular flexibility index (Phi) is 30.5. The second-order valence-corrected chi connectivity index (χ2v) is 31.7. The van der Waals surface area contributed by atoms with Crippen molar-refractivity contribution in [1.82, 2.24) is 68.0 Å². The molecule has 2 spiro atoms. The number of carbonyl (C=O) groups is 11. The van der Waals surface area contributed by atoms with Crippen LogP contribution < -0.4 is 69.4 Å². The number of phenolic OH excluding ortho intramolecular Hbond substituents is 2. The van der Waals surface area contributed by atoms with Gasteiger partial charge in [0, 0.05) is 110 Å². The zero-order valence-corrected chi connectivity index (χ0v) is 68.2. The molecule has 123 heavy (non-hydrogen) atoms. The second-order valence-electron chi connectivity index (χ2n) is 31.7. The number of nitrogens with two attached hydrogens (primary N) is 2. The van der Waals surface area contributed by atoms with Gasteiger partial charge in [0.2, 0.25) is 53.2 Å². The molecule has 7 atom stereocenters. The molecule has 1 aromatic heterocycles. The van der Waals surface area contributed by atoms with E-state index in [-0.39, 0.29) is 187 Å². The number of esters is 1. The van der Waals surface area contributed by atoms with Crippen LogP contribution in [0.4, 0.5) is 8.78 Å². The smallest absolute Gasteiger partial charge is 0.340 e. The van der Waals surface area contributed by atoms with E-state index < -0.39 is 137 Å². The Balaban J connectivity index is 0.691. The van der Waals surface area contributed by atoms with Crippen LogP contribution in [0.2, 0.25) is 0 Å². The molecular formula is C86H107F2N17O18. The number of aromatic hydroxyl groups is 2. The SMILES string of the molecule is N=C(N)NCCC[C@H](NC(=O)COCCOCCOCCNC(=O)c1ccc2c(c1)C(=O)OC21c2ccc(O)cc2Oc2cc(O)ccc21)C(=O)N[C@@H](Cc1c[nH]c2ccccc12)C(=O)N[C@H]1CCCCCCCCNC(=O)C2CCCN2C(=O)[C@H](CCCNC(=N)N)NC(=O)C2(CCC2)NC(=O)[C@@H]2CCCN2C(=O)[C@H](Cc2cc(F)cc(F)c2)NC1=O. The molecule has 1 unspecified atom stereocenters. The van der Waals surface area contributed by atoms with Gasteiger partial charge in [0.05, 0.1) is 38.6 Å². The van der Waals surface area contributed by atoms with Gasteiger partial charge in [-0.15, -0.1) is 0 Å². The van der Waals surface area contributed by atoms with Crippen LogP contribution in [0.15, 0.2) is 103 Å². The second kappa shape index (κ2) is 41.8. The predicted molar refractivity (Wildman–Crippen MR) is 442 cm³/mol. The number of benzene rings is 5. The fourth-order valence-electron chi connectivity index (χ4n) is 16.7. The number of aromatic nitrogens is 1. The maximum atomic E-state index is 15.4. The summed E-state index contributed by atoms with van der Waals surface area (Å²) in [6.07, 6.45) is 7.03. The van der Waals surface area contributed by atoms with Gasteiger partial charge in [-0.2, -0.15) is 0 Å². The van der Waals surface area contributed by atoms with E-state index in [1.54, 1.807) is 42.6 Å². The van der Waals surface area contributed by atoms with Crippen LogP contribution in [0.1, 0.15) is 164 Å². The van der Waals surface area contributed by atoms with Gasteiger partial charge in [-0.05, 0) is 149 Å². The van der Waals surface area contributed by atoms with Crippen LogP contribution in [0, 0.1) is 22.5 Å². The van der Waals surface area contributed by atoms with E-state index in [0.717, 1.165) is 12.1 Å². The molecule has 0 radical (unpaired) electrons. The van der Waals surface area contributed by atoms with Crippen molar-refractivity contribution in [2.24, 2.45) is 11.5 Å². The largest absolute Gasteiger partial charge is 0.508 e. The first-order valence-corrected chi connectivity index (χ1v) is 41.9. The molecule has 0 bridgehead atoms. The van der Waals surface area contributed by atoms with Crippen LogP contribution in [0.5, 0.6) is 23.0 Å². The molecule has 35 nitrogen and oxygen atoms in total. The van der Waals surface area contributed by atoms with Crippen LogP contribution in [-0.4, -0.2) is 229 Å². The highest BCUT2D eigenvalue weighted by Crippen LogP contribution is 2.57. The Hall–Kier alpha value is -12.5. The molecule has 19 N–H and O–H groups in total. The minimum Gasteiger partial charge on any atom is -0.508 e. The molecular weight excluding hydrogens is 1600 g/mol. The molecule has 4 fully saturated rings. The normalized spacial score (nSPS) is 20.3. The molecule has 6 heterocycles. The number of ether oxygens (including phenoxy) is 5. The molecule has 5 aliphatic heterocycles. The summed E-state index contributed by atoms with van der Waals surface area (Å²) in [4.78, 5) is 166. The lowest BCUT2D eigenvalue weighted by atomic mass is 9.75. The molecule has 6 aliphatic rings.